The van der Waals surface area contributed by atoms with Gasteiger partial charge in [-0.3, -0.25) is 0 Å². The maximum absolute atomic E-state index is 5.91. The molecule has 2 rings (SSSR count). The van der Waals surface area contributed by atoms with Crippen LogP contribution < -0.4 is 0 Å². The minimum absolute atomic E-state index is 0.436. The molecule has 0 amide bonds. The van der Waals surface area contributed by atoms with Crippen molar-refractivity contribution >= 4 is 11.6 Å². The summed E-state index contributed by atoms with van der Waals surface area (Å²) in [5, 5.41) is 0.436. The summed E-state index contributed by atoms with van der Waals surface area (Å²) in [6.07, 6.45) is 4.09. The highest BCUT2D eigenvalue weighted by Gasteiger charge is 2.08. The fraction of sp³-hybridized carbons (Fsp3) is 0.333. The number of oxazole rings is 1. The second kappa shape index (κ2) is 6.28. The molecule has 2 aromatic rings. The smallest absolute Gasteiger partial charge is 0.194 e. The Morgan fingerprint density at radius 2 is 2.06 bits per heavy atom. The standard InChI is InChI=1S/C10H9ClN2O.C2H6/c1-2-9-13-6-8(14-9)7-4-3-5-12-10(7)11;1-2/h3-6H,2H2,1H3;1-2H3. The number of nitrogens with zero attached hydrogens (tertiary/aromatic N) is 2. The molecule has 0 saturated heterocycles. The zero-order valence-electron chi connectivity index (χ0n) is 9.70. The molecule has 0 bridgehead atoms. The molecule has 0 saturated carbocycles. The maximum Gasteiger partial charge on any atom is 0.194 e. The van der Waals surface area contributed by atoms with Crippen molar-refractivity contribution in [2.24, 2.45) is 0 Å². The zero-order chi connectivity index (χ0) is 12.0. The molecule has 0 atom stereocenters. The normalized spacial score (nSPS) is 9.50. The van der Waals surface area contributed by atoms with Crippen molar-refractivity contribution in [3.8, 4) is 11.3 Å². The Morgan fingerprint density at radius 1 is 1.31 bits per heavy atom. The minimum atomic E-state index is 0.436. The van der Waals surface area contributed by atoms with Gasteiger partial charge in [-0.25, -0.2) is 9.97 Å². The van der Waals surface area contributed by atoms with Crippen molar-refractivity contribution in [1.29, 1.82) is 0 Å². The molecule has 0 aliphatic rings. The number of pyridine rings is 1. The van der Waals surface area contributed by atoms with Crippen molar-refractivity contribution in [2.45, 2.75) is 27.2 Å². The Morgan fingerprint density at radius 3 is 2.62 bits per heavy atom. The van der Waals surface area contributed by atoms with Crippen LogP contribution in [-0.2, 0) is 6.42 Å². The summed E-state index contributed by atoms with van der Waals surface area (Å²) in [7, 11) is 0. The van der Waals surface area contributed by atoms with E-state index in [1.54, 1.807) is 12.4 Å². The predicted octanol–water partition coefficient (Wildman–Crippen LogP) is 3.98. The van der Waals surface area contributed by atoms with E-state index in [0.29, 0.717) is 16.8 Å². The Labute approximate surface area is 100 Å². The fourth-order valence-electron chi connectivity index (χ4n) is 1.17. The third kappa shape index (κ3) is 2.83. The van der Waals surface area contributed by atoms with Gasteiger partial charge in [-0.2, -0.15) is 0 Å². The highest BCUT2D eigenvalue weighted by atomic mass is 35.5. The van der Waals surface area contributed by atoms with E-state index in [0.717, 1.165) is 12.0 Å². The topological polar surface area (TPSA) is 38.9 Å². The summed E-state index contributed by atoms with van der Waals surface area (Å²) in [5.41, 5.74) is 0.779. The van der Waals surface area contributed by atoms with Gasteiger partial charge in [0.15, 0.2) is 11.7 Å². The van der Waals surface area contributed by atoms with Crippen LogP contribution in [0.15, 0.2) is 28.9 Å². The lowest BCUT2D eigenvalue weighted by molar-refractivity contribution is 0.513. The van der Waals surface area contributed by atoms with Crippen molar-refractivity contribution < 1.29 is 4.42 Å². The zero-order valence-corrected chi connectivity index (χ0v) is 10.5. The lowest BCUT2D eigenvalue weighted by Gasteiger charge is -1.96. The van der Waals surface area contributed by atoms with Crippen LogP contribution in [-0.4, -0.2) is 9.97 Å². The molecule has 0 aromatic carbocycles. The van der Waals surface area contributed by atoms with Crippen molar-refractivity contribution in [1.82, 2.24) is 9.97 Å². The number of hydrogen-bond donors (Lipinski definition) is 0. The van der Waals surface area contributed by atoms with Gasteiger partial charge in [0, 0.05) is 12.6 Å². The number of rotatable bonds is 2. The third-order valence-corrected chi connectivity index (χ3v) is 2.18. The van der Waals surface area contributed by atoms with E-state index in [-0.39, 0.29) is 0 Å². The van der Waals surface area contributed by atoms with Crippen LogP contribution in [0.1, 0.15) is 26.7 Å². The highest BCUT2D eigenvalue weighted by molar-refractivity contribution is 6.31. The Bertz CT molecular complexity index is 440. The van der Waals surface area contributed by atoms with Gasteiger partial charge in [0.25, 0.3) is 0 Å². The molecule has 86 valence electrons. The van der Waals surface area contributed by atoms with E-state index in [1.165, 1.54) is 0 Å². The van der Waals surface area contributed by atoms with Gasteiger partial charge in [0.2, 0.25) is 0 Å². The molecular weight excluding hydrogens is 224 g/mol. The van der Waals surface area contributed by atoms with Crippen molar-refractivity contribution in [3.63, 3.8) is 0 Å². The lowest BCUT2D eigenvalue weighted by atomic mass is 10.2. The van der Waals surface area contributed by atoms with Gasteiger partial charge < -0.3 is 4.42 Å². The van der Waals surface area contributed by atoms with E-state index in [4.69, 9.17) is 16.0 Å². The third-order valence-electron chi connectivity index (χ3n) is 1.88. The van der Waals surface area contributed by atoms with Crippen LogP contribution in [0, 0.1) is 0 Å². The first kappa shape index (κ1) is 12.7. The summed E-state index contributed by atoms with van der Waals surface area (Å²) in [6.45, 7) is 5.99. The van der Waals surface area contributed by atoms with Gasteiger partial charge in [-0.15, -0.1) is 0 Å². The van der Waals surface area contributed by atoms with Gasteiger partial charge >= 0.3 is 0 Å². The molecule has 0 spiro atoms. The molecule has 0 N–H and O–H groups in total. The van der Waals surface area contributed by atoms with Crippen LogP contribution >= 0.6 is 11.6 Å². The van der Waals surface area contributed by atoms with Crippen LogP contribution in [0.4, 0.5) is 0 Å². The van der Waals surface area contributed by atoms with Crippen LogP contribution in [0.5, 0.6) is 0 Å². The molecule has 0 aliphatic heterocycles. The number of aromatic nitrogens is 2. The molecule has 0 unspecified atom stereocenters. The summed E-state index contributed by atoms with van der Waals surface area (Å²) in [6, 6.07) is 3.67. The average molecular weight is 239 g/mol. The Balaban J connectivity index is 0.000000606. The summed E-state index contributed by atoms with van der Waals surface area (Å²) < 4.78 is 5.46. The SMILES string of the molecule is CC.CCc1ncc(-c2cccnc2Cl)o1. The molecular formula is C12H15ClN2O. The molecule has 4 heteroatoms. The van der Waals surface area contributed by atoms with Gasteiger partial charge in [-0.05, 0) is 12.1 Å². The van der Waals surface area contributed by atoms with E-state index in [1.807, 2.05) is 32.9 Å². The molecule has 3 nitrogen and oxygen atoms in total. The van der Waals surface area contributed by atoms with Crippen LogP contribution in [0.2, 0.25) is 5.15 Å². The average Bonchev–Trinajstić information content (AvgIpc) is 2.81. The van der Waals surface area contributed by atoms with Crippen LogP contribution in [0.25, 0.3) is 11.3 Å². The molecule has 2 aromatic heterocycles. The second-order valence-electron chi connectivity index (χ2n) is 2.81. The lowest BCUT2D eigenvalue weighted by Crippen LogP contribution is -1.79. The fourth-order valence-corrected chi connectivity index (χ4v) is 1.38. The van der Waals surface area contributed by atoms with E-state index < -0.39 is 0 Å². The minimum Gasteiger partial charge on any atom is -0.441 e. The first-order valence-corrected chi connectivity index (χ1v) is 5.74. The molecule has 2 heterocycles. The van der Waals surface area contributed by atoms with Gasteiger partial charge in [0.05, 0.1) is 11.8 Å². The highest BCUT2D eigenvalue weighted by Crippen LogP contribution is 2.26. The molecule has 0 aliphatic carbocycles. The predicted molar refractivity (Wildman–Crippen MR) is 65.5 cm³/mol. The van der Waals surface area contributed by atoms with Crippen molar-refractivity contribution in [2.75, 3.05) is 0 Å². The summed E-state index contributed by atoms with van der Waals surface area (Å²) >= 11 is 5.91. The summed E-state index contributed by atoms with van der Waals surface area (Å²) in [5.74, 6) is 1.37. The maximum atomic E-state index is 5.91. The number of aryl methyl sites for hydroxylation is 1. The van der Waals surface area contributed by atoms with E-state index >= 15 is 0 Å². The largest absolute Gasteiger partial charge is 0.441 e. The van der Waals surface area contributed by atoms with Gasteiger partial charge in [0.1, 0.15) is 5.15 Å². The van der Waals surface area contributed by atoms with E-state index in [2.05, 4.69) is 9.97 Å². The van der Waals surface area contributed by atoms with Crippen molar-refractivity contribution in [3.05, 3.63) is 35.6 Å². The molecule has 0 fully saturated rings. The number of halogens is 1. The number of hydrogen-bond acceptors (Lipinski definition) is 3. The van der Waals surface area contributed by atoms with Gasteiger partial charge in [-0.1, -0.05) is 32.4 Å². The monoisotopic (exact) mass is 238 g/mol. The Hall–Kier alpha value is -1.35. The first-order chi connectivity index (χ1) is 7.81. The van der Waals surface area contributed by atoms with E-state index in [9.17, 15) is 0 Å². The molecule has 16 heavy (non-hydrogen) atoms. The van der Waals surface area contributed by atoms with Crippen LogP contribution in [0.3, 0.4) is 0 Å². The summed E-state index contributed by atoms with van der Waals surface area (Å²) in [4.78, 5) is 8.07. The second-order valence-corrected chi connectivity index (χ2v) is 3.17. The first-order valence-electron chi connectivity index (χ1n) is 5.37. The Kier molecular flexibility index (Phi) is 4.99. The quantitative estimate of drug-likeness (QED) is 0.743. The molecule has 0 radical (unpaired) electrons.